The van der Waals surface area contributed by atoms with Gasteiger partial charge in [0, 0.05) is 11.6 Å². The Morgan fingerprint density at radius 2 is 1.95 bits per heavy atom. The minimum atomic E-state index is -3.60. The first-order valence-electron chi connectivity index (χ1n) is 6.72. The molecule has 0 saturated carbocycles. The lowest BCUT2D eigenvalue weighted by Gasteiger charge is -2.20. The number of anilines is 1. The molecular formula is C14H21FN2O3S. The highest BCUT2D eigenvalue weighted by Crippen LogP contribution is 2.18. The zero-order valence-electron chi connectivity index (χ0n) is 12.6. The Labute approximate surface area is 125 Å². The van der Waals surface area contributed by atoms with Gasteiger partial charge in [0.05, 0.1) is 11.9 Å². The summed E-state index contributed by atoms with van der Waals surface area (Å²) in [4.78, 5) is 12.1. The smallest absolute Gasteiger partial charge is 0.251 e. The van der Waals surface area contributed by atoms with E-state index < -0.39 is 15.8 Å². The first-order chi connectivity index (χ1) is 9.64. The number of hydrogen-bond acceptors (Lipinski definition) is 3. The van der Waals surface area contributed by atoms with Gasteiger partial charge in [0.1, 0.15) is 5.82 Å². The zero-order chi connectivity index (χ0) is 16.2. The lowest BCUT2D eigenvalue weighted by molar-refractivity contribution is 0.0928. The zero-order valence-corrected chi connectivity index (χ0v) is 13.4. The van der Waals surface area contributed by atoms with E-state index in [1.165, 1.54) is 12.1 Å². The van der Waals surface area contributed by atoms with Crippen LogP contribution >= 0.6 is 0 Å². The Hall–Kier alpha value is -1.63. The number of benzene rings is 1. The van der Waals surface area contributed by atoms with Crippen molar-refractivity contribution < 1.29 is 17.6 Å². The Bertz CT molecular complexity index is 617. The van der Waals surface area contributed by atoms with Gasteiger partial charge in [-0.1, -0.05) is 20.3 Å². The van der Waals surface area contributed by atoms with Crippen LogP contribution in [0.3, 0.4) is 0 Å². The number of rotatable bonds is 6. The molecule has 0 spiro atoms. The molecule has 0 radical (unpaired) electrons. The van der Waals surface area contributed by atoms with E-state index in [-0.39, 0.29) is 23.2 Å². The number of nitrogens with one attached hydrogen (secondary N) is 2. The third kappa shape index (κ3) is 5.34. The molecule has 0 unspecified atom stereocenters. The molecule has 1 aromatic rings. The first-order valence-corrected chi connectivity index (χ1v) is 8.61. The summed E-state index contributed by atoms with van der Waals surface area (Å²) in [6, 6.07) is 3.55. The molecule has 0 fully saturated rings. The van der Waals surface area contributed by atoms with E-state index >= 15 is 0 Å². The minimum absolute atomic E-state index is 0.0288. The summed E-state index contributed by atoms with van der Waals surface area (Å²) in [5, 5.41) is 2.82. The van der Waals surface area contributed by atoms with E-state index in [0.29, 0.717) is 5.92 Å². The average molecular weight is 316 g/mol. The lowest BCUT2D eigenvalue weighted by Crippen LogP contribution is -2.36. The van der Waals surface area contributed by atoms with Crippen molar-refractivity contribution in [2.24, 2.45) is 5.92 Å². The van der Waals surface area contributed by atoms with Gasteiger partial charge in [0.15, 0.2) is 0 Å². The van der Waals surface area contributed by atoms with Gasteiger partial charge < -0.3 is 5.32 Å². The summed E-state index contributed by atoms with van der Waals surface area (Å²) in [7, 11) is -3.60. The van der Waals surface area contributed by atoms with Crippen molar-refractivity contribution in [3.8, 4) is 0 Å². The van der Waals surface area contributed by atoms with Crippen LogP contribution in [0.5, 0.6) is 0 Å². The Balaban J connectivity index is 2.94. The summed E-state index contributed by atoms with van der Waals surface area (Å²) >= 11 is 0. The van der Waals surface area contributed by atoms with Crippen LogP contribution in [-0.4, -0.2) is 26.6 Å². The van der Waals surface area contributed by atoms with Crippen molar-refractivity contribution in [3.05, 3.63) is 29.6 Å². The molecular weight excluding hydrogens is 295 g/mol. The van der Waals surface area contributed by atoms with Crippen molar-refractivity contribution in [3.63, 3.8) is 0 Å². The lowest BCUT2D eigenvalue weighted by atomic mass is 10.0. The van der Waals surface area contributed by atoms with Gasteiger partial charge in [-0.15, -0.1) is 0 Å². The topological polar surface area (TPSA) is 75.3 Å². The van der Waals surface area contributed by atoms with E-state index in [0.717, 1.165) is 18.7 Å². The molecule has 5 nitrogen and oxygen atoms in total. The van der Waals surface area contributed by atoms with Gasteiger partial charge in [-0.05, 0) is 31.0 Å². The molecule has 21 heavy (non-hydrogen) atoms. The molecule has 0 aliphatic carbocycles. The fourth-order valence-electron chi connectivity index (χ4n) is 1.73. The molecule has 2 atom stereocenters. The molecule has 0 heterocycles. The number of amides is 1. The van der Waals surface area contributed by atoms with Crippen LogP contribution in [0, 0.1) is 11.7 Å². The second-order valence-corrected chi connectivity index (χ2v) is 6.96. The minimum Gasteiger partial charge on any atom is -0.349 e. The highest BCUT2D eigenvalue weighted by atomic mass is 32.2. The van der Waals surface area contributed by atoms with Crippen LogP contribution < -0.4 is 10.0 Å². The third-order valence-electron chi connectivity index (χ3n) is 3.38. The van der Waals surface area contributed by atoms with Crippen molar-refractivity contribution in [1.82, 2.24) is 5.32 Å². The van der Waals surface area contributed by atoms with Crippen molar-refractivity contribution in [2.45, 2.75) is 33.2 Å². The van der Waals surface area contributed by atoms with Crippen LogP contribution in [0.25, 0.3) is 0 Å². The number of sulfonamides is 1. The maximum Gasteiger partial charge on any atom is 0.251 e. The molecule has 7 heteroatoms. The van der Waals surface area contributed by atoms with Crippen molar-refractivity contribution in [1.29, 1.82) is 0 Å². The highest BCUT2D eigenvalue weighted by Gasteiger charge is 2.16. The summed E-state index contributed by atoms with van der Waals surface area (Å²) in [6.45, 7) is 5.94. The van der Waals surface area contributed by atoms with Crippen LogP contribution in [0.2, 0.25) is 0 Å². The summed E-state index contributed by atoms with van der Waals surface area (Å²) in [6.07, 6.45) is 1.84. The number of hydrogen-bond donors (Lipinski definition) is 2. The van der Waals surface area contributed by atoms with Gasteiger partial charge in [0.2, 0.25) is 10.0 Å². The van der Waals surface area contributed by atoms with Gasteiger partial charge in [-0.3, -0.25) is 9.52 Å². The fourth-order valence-corrected chi connectivity index (χ4v) is 2.29. The first kappa shape index (κ1) is 17.4. The predicted molar refractivity (Wildman–Crippen MR) is 81.2 cm³/mol. The predicted octanol–water partition coefficient (Wildman–Crippen LogP) is 2.36. The molecule has 2 N–H and O–H groups in total. The molecule has 118 valence electrons. The third-order valence-corrected chi connectivity index (χ3v) is 3.97. The second-order valence-electron chi connectivity index (χ2n) is 5.22. The van der Waals surface area contributed by atoms with E-state index in [9.17, 15) is 17.6 Å². The fraction of sp³-hybridized carbons (Fsp3) is 0.500. The largest absolute Gasteiger partial charge is 0.349 e. The van der Waals surface area contributed by atoms with Gasteiger partial charge >= 0.3 is 0 Å². The summed E-state index contributed by atoms with van der Waals surface area (Å²) < 4.78 is 37.9. The SMILES string of the molecule is CC[C@@H](C)[C@H](C)NC(=O)c1ccc(F)c(NS(C)(=O)=O)c1. The Kier molecular flexibility index (Phi) is 5.71. The standard InChI is InChI=1S/C14H21FN2O3S/c1-5-9(2)10(3)16-14(18)11-6-7-12(15)13(8-11)17-21(4,19)20/h6-10,17H,5H2,1-4H3,(H,16,18)/t9-,10+/m1/s1. The Morgan fingerprint density at radius 1 is 1.33 bits per heavy atom. The molecule has 0 bridgehead atoms. The molecule has 0 aliphatic rings. The molecule has 1 rings (SSSR count). The molecule has 1 amide bonds. The van der Waals surface area contributed by atoms with Crippen LogP contribution in [0.4, 0.5) is 10.1 Å². The molecule has 1 aromatic carbocycles. The van der Waals surface area contributed by atoms with Gasteiger partial charge in [0.25, 0.3) is 5.91 Å². The average Bonchev–Trinajstić information content (AvgIpc) is 2.38. The summed E-state index contributed by atoms with van der Waals surface area (Å²) in [5.74, 6) is -0.783. The van der Waals surface area contributed by atoms with Crippen molar-refractivity contribution in [2.75, 3.05) is 11.0 Å². The normalized spacial score (nSPS) is 14.3. The second kappa shape index (κ2) is 6.89. The van der Waals surface area contributed by atoms with Crippen LogP contribution in [0.15, 0.2) is 18.2 Å². The van der Waals surface area contributed by atoms with Gasteiger partial charge in [-0.25, -0.2) is 12.8 Å². The van der Waals surface area contributed by atoms with E-state index in [1.54, 1.807) is 0 Å². The van der Waals surface area contributed by atoms with E-state index in [1.807, 2.05) is 25.5 Å². The quantitative estimate of drug-likeness (QED) is 0.846. The molecule has 0 aliphatic heterocycles. The number of halogens is 1. The molecule has 0 saturated heterocycles. The maximum atomic E-state index is 13.6. The van der Waals surface area contributed by atoms with E-state index in [4.69, 9.17) is 0 Å². The Morgan fingerprint density at radius 3 is 2.48 bits per heavy atom. The maximum absolute atomic E-state index is 13.6. The number of carbonyl (C=O) groups excluding carboxylic acids is 1. The molecule has 0 aromatic heterocycles. The van der Waals surface area contributed by atoms with Gasteiger partial charge in [-0.2, -0.15) is 0 Å². The van der Waals surface area contributed by atoms with Crippen LogP contribution in [-0.2, 0) is 10.0 Å². The highest BCUT2D eigenvalue weighted by molar-refractivity contribution is 7.92. The monoisotopic (exact) mass is 316 g/mol. The number of carbonyl (C=O) groups is 1. The van der Waals surface area contributed by atoms with E-state index in [2.05, 4.69) is 5.32 Å². The van der Waals surface area contributed by atoms with Crippen LogP contribution in [0.1, 0.15) is 37.6 Å². The van der Waals surface area contributed by atoms with Crippen molar-refractivity contribution >= 4 is 21.6 Å². The summed E-state index contributed by atoms with van der Waals surface area (Å²) in [5.41, 5.74) is -0.0287.